The van der Waals surface area contributed by atoms with Crippen molar-refractivity contribution < 1.29 is 0 Å². The lowest BCUT2D eigenvalue weighted by Gasteiger charge is -2.45. The SMILES string of the molecule is CNC(C)c1sc(N2CCN(C)C(C)(C)C2)nc1C. The number of thiazole rings is 1. The van der Waals surface area contributed by atoms with Gasteiger partial charge in [-0.3, -0.25) is 4.90 Å². The highest BCUT2D eigenvalue weighted by molar-refractivity contribution is 7.15. The smallest absolute Gasteiger partial charge is 0.185 e. The highest BCUT2D eigenvalue weighted by atomic mass is 32.1. The summed E-state index contributed by atoms with van der Waals surface area (Å²) in [4.78, 5) is 11.0. The van der Waals surface area contributed by atoms with Crippen LogP contribution in [0.1, 0.15) is 37.4 Å². The molecule has 1 unspecified atom stereocenters. The average molecular weight is 282 g/mol. The maximum Gasteiger partial charge on any atom is 0.185 e. The molecule has 2 rings (SSSR count). The third kappa shape index (κ3) is 2.93. The summed E-state index contributed by atoms with van der Waals surface area (Å²) in [5, 5.41) is 4.48. The van der Waals surface area contributed by atoms with Crippen molar-refractivity contribution in [3.8, 4) is 0 Å². The van der Waals surface area contributed by atoms with Crippen molar-refractivity contribution >= 4 is 16.5 Å². The molecule has 19 heavy (non-hydrogen) atoms. The fourth-order valence-electron chi connectivity index (χ4n) is 2.47. The molecular formula is C14H26N4S. The van der Waals surface area contributed by atoms with E-state index < -0.39 is 0 Å². The molecule has 0 amide bonds. The molecule has 1 aromatic rings. The monoisotopic (exact) mass is 282 g/mol. The molecule has 1 atom stereocenters. The minimum atomic E-state index is 0.215. The molecule has 4 nitrogen and oxygen atoms in total. The third-order valence-corrected chi connectivity index (χ3v) is 5.64. The molecule has 1 aliphatic rings. The van der Waals surface area contributed by atoms with E-state index in [1.807, 2.05) is 18.4 Å². The number of rotatable bonds is 3. The van der Waals surface area contributed by atoms with Crippen LogP contribution in [0.5, 0.6) is 0 Å². The number of piperazine rings is 1. The van der Waals surface area contributed by atoms with Gasteiger partial charge >= 0.3 is 0 Å². The van der Waals surface area contributed by atoms with Gasteiger partial charge in [0.25, 0.3) is 0 Å². The highest BCUT2D eigenvalue weighted by Gasteiger charge is 2.32. The van der Waals surface area contributed by atoms with Gasteiger partial charge in [-0.05, 0) is 41.8 Å². The summed E-state index contributed by atoms with van der Waals surface area (Å²) in [7, 11) is 4.21. The van der Waals surface area contributed by atoms with Crippen LogP contribution in [0.15, 0.2) is 0 Å². The fourth-order valence-corrected chi connectivity index (χ4v) is 3.62. The summed E-state index contributed by atoms with van der Waals surface area (Å²) in [6.45, 7) is 12.1. The van der Waals surface area contributed by atoms with Crippen molar-refractivity contribution in [3.05, 3.63) is 10.6 Å². The standard InChI is InChI=1S/C14H26N4S/c1-10(15-5)12-11(2)16-13(19-12)18-8-7-17(6)14(3,4)9-18/h10,15H,7-9H2,1-6H3. The summed E-state index contributed by atoms with van der Waals surface area (Å²) in [6, 6.07) is 0.381. The largest absolute Gasteiger partial charge is 0.345 e. The van der Waals surface area contributed by atoms with E-state index >= 15 is 0 Å². The first kappa shape index (κ1) is 14.8. The van der Waals surface area contributed by atoms with Gasteiger partial charge < -0.3 is 10.2 Å². The van der Waals surface area contributed by atoms with E-state index in [0.29, 0.717) is 6.04 Å². The minimum Gasteiger partial charge on any atom is -0.345 e. The van der Waals surface area contributed by atoms with Crippen LogP contribution in [0.25, 0.3) is 0 Å². The molecular weight excluding hydrogens is 256 g/mol. The van der Waals surface area contributed by atoms with Crippen molar-refractivity contribution in [2.75, 3.05) is 38.6 Å². The quantitative estimate of drug-likeness (QED) is 0.921. The number of aryl methyl sites for hydroxylation is 1. The number of likely N-dealkylation sites (N-methyl/N-ethyl adjacent to an activating group) is 1. The normalized spacial score (nSPS) is 21.7. The number of hydrogen-bond acceptors (Lipinski definition) is 5. The first-order chi connectivity index (χ1) is 8.85. The third-order valence-electron chi connectivity index (χ3n) is 4.23. The van der Waals surface area contributed by atoms with E-state index in [0.717, 1.165) is 19.6 Å². The first-order valence-electron chi connectivity index (χ1n) is 6.96. The number of anilines is 1. The van der Waals surface area contributed by atoms with Crippen LogP contribution in [0.3, 0.4) is 0 Å². The first-order valence-corrected chi connectivity index (χ1v) is 7.77. The zero-order chi connectivity index (χ0) is 14.2. The zero-order valence-corrected chi connectivity index (χ0v) is 13.8. The average Bonchev–Trinajstić information content (AvgIpc) is 2.74. The molecule has 5 heteroatoms. The minimum absolute atomic E-state index is 0.215. The number of aromatic nitrogens is 1. The van der Waals surface area contributed by atoms with Crippen molar-refractivity contribution in [2.45, 2.75) is 39.3 Å². The molecule has 0 saturated carbocycles. The van der Waals surface area contributed by atoms with E-state index in [9.17, 15) is 0 Å². The molecule has 2 heterocycles. The Morgan fingerprint density at radius 3 is 2.63 bits per heavy atom. The fraction of sp³-hybridized carbons (Fsp3) is 0.786. The molecule has 0 aromatic carbocycles. The molecule has 0 radical (unpaired) electrons. The summed E-state index contributed by atoms with van der Waals surface area (Å²) in [6.07, 6.45) is 0. The zero-order valence-electron chi connectivity index (χ0n) is 12.9. The molecule has 1 fully saturated rings. The Hall–Kier alpha value is -0.650. The van der Waals surface area contributed by atoms with Gasteiger partial charge in [0.05, 0.1) is 5.69 Å². The number of nitrogens with zero attached hydrogens (tertiary/aromatic N) is 3. The van der Waals surface area contributed by atoms with Crippen molar-refractivity contribution in [3.63, 3.8) is 0 Å². The van der Waals surface area contributed by atoms with Crippen molar-refractivity contribution in [1.82, 2.24) is 15.2 Å². The lowest BCUT2D eigenvalue weighted by Crippen LogP contribution is -2.57. The van der Waals surface area contributed by atoms with Gasteiger partial charge in [-0.1, -0.05) is 0 Å². The van der Waals surface area contributed by atoms with Gasteiger partial charge in [0.15, 0.2) is 5.13 Å². The van der Waals surface area contributed by atoms with Crippen LogP contribution in [-0.2, 0) is 0 Å². The van der Waals surface area contributed by atoms with Crippen molar-refractivity contribution in [2.24, 2.45) is 0 Å². The molecule has 0 bridgehead atoms. The van der Waals surface area contributed by atoms with E-state index in [1.165, 1.54) is 15.7 Å². The summed E-state index contributed by atoms with van der Waals surface area (Å²) in [5.41, 5.74) is 1.38. The Kier molecular flexibility index (Phi) is 4.18. The van der Waals surface area contributed by atoms with Crippen LogP contribution in [0.4, 0.5) is 5.13 Å². The topological polar surface area (TPSA) is 31.4 Å². The Morgan fingerprint density at radius 2 is 2.05 bits per heavy atom. The summed E-state index contributed by atoms with van der Waals surface area (Å²) in [5.74, 6) is 0. The van der Waals surface area contributed by atoms with E-state index in [-0.39, 0.29) is 5.54 Å². The Bertz CT molecular complexity index is 441. The van der Waals surface area contributed by atoms with Crippen LogP contribution >= 0.6 is 11.3 Å². The van der Waals surface area contributed by atoms with Crippen LogP contribution < -0.4 is 10.2 Å². The Labute approximate surface area is 120 Å². The van der Waals surface area contributed by atoms with Crippen LogP contribution in [-0.4, -0.2) is 49.2 Å². The van der Waals surface area contributed by atoms with Gasteiger partial charge in [-0.2, -0.15) is 0 Å². The predicted octanol–water partition coefficient (Wildman–Crippen LogP) is 2.26. The van der Waals surface area contributed by atoms with Gasteiger partial charge in [-0.15, -0.1) is 11.3 Å². The molecule has 0 spiro atoms. The lowest BCUT2D eigenvalue weighted by molar-refractivity contribution is 0.139. The second-order valence-corrected chi connectivity index (χ2v) is 7.12. The van der Waals surface area contributed by atoms with Gasteiger partial charge in [-0.25, -0.2) is 4.98 Å². The summed E-state index contributed by atoms with van der Waals surface area (Å²) >= 11 is 1.83. The predicted molar refractivity (Wildman–Crippen MR) is 83.2 cm³/mol. The molecule has 1 aliphatic heterocycles. The van der Waals surface area contributed by atoms with E-state index in [2.05, 4.69) is 49.9 Å². The molecule has 1 saturated heterocycles. The molecule has 1 N–H and O–H groups in total. The Balaban J connectivity index is 2.19. The summed E-state index contributed by atoms with van der Waals surface area (Å²) < 4.78 is 0. The Morgan fingerprint density at radius 1 is 1.37 bits per heavy atom. The van der Waals surface area contributed by atoms with Gasteiger partial charge in [0.2, 0.25) is 0 Å². The molecule has 0 aliphatic carbocycles. The van der Waals surface area contributed by atoms with Gasteiger partial charge in [0.1, 0.15) is 0 Å². The van der Waals surface area contributed by atoms with Gasteiger partial charge in [0, 0.05) is 36.1 Å². The van der Waals surface area contributed by atoms with Crippen molar-refractivity contribution in [1.29, 1.82) is 0 Å². The molecule has 1 aromatic heterocycles. The maximum absolute atomic E-state index is 4.78. The maximum atomic E-state index is 4.78. The second-order valence-electron chi connectivity index (χ2n) is 6.11. The number of hydrogen-bond donors (Lipinski definition) is 1. The highest BCUT2D eigenvalue weighted by Crippen LogP contribution is 2.33. The van der Waals surface area contributed by atoms with E-state index in [4.69, 9.17) is 4.98 Å². The second kappa shape index (κ2) is 5.38. The van der Waals surface area contributed by atoms with Crippen LogP contribution in [0.2, 0.25) is 0 Å². The molecule has 108 valence electrons. The van der Waals surface area contributed by atoms with E-state index in [1.54, 1.807) is 0 Å². The van der Waals surface area contributed by atoms with Crippen LogP contribution in [0, 0.1) is 6.92 Å². The number of nitrogens with one attached hydrogen (secondary N) is 1. The lowest BCUT2D eigenvalue weighted by atomic mass is 10.0.